The van der Waals surface area contributed by atoms with Gasteiger partial charge >= 0.3 is 0 Å². The zero-order valence-corrected chi connectivity index (χ0v) is 8.49. The van der Waals surface area contributed by atoms with Crippen LogP contribution >= 0.6 is 0 Å². The molecule has 0 aliphatic rings. The maximum Gasteiger partial charge on any atom is 0.0943 e. The van der Waals surface area contributed by atoms with Crippen molar-refractivity contribution < 1.29 is 8.83 Å². The molecule has 0 fully saturated rings. The second kappa shape index (κ2) is 3.37. The van der Waals surface area contributed by atoms with Gasteiger partial charge in [-0.15, -0.1) is 0 Å². The molecular formula is C12H14O2. The molecule has 2 heterocycles. The molecule has 0 aliphatic heterocycles. The van der Waals surface area contributed by atoms with Gasteiger partial charge in [-0.3, -0.25) is 0 Å². The van der Waals surface area contributed by atoms with Gasteiger partial charge in [-0.1, -0.05) is 13.8 Å². The molecule has 0 bridgehead atoms. The first-order valence-corrected chi connectivity index (χ1v) is 4.82. The molecule has 2 heteroatoms. The van der Waals surface area contributed by atoms with E-state index in [2.05, 4.69) is 13.8 Å². The number of hydrogen-bond donors (Lipinski definition) is 0. The van der Waals surface area contributed by atoms with E-state index in [-0.39, 0.29) is 5.41 Å². The van der Waals surface area contributed by atoms with Crippen LogP contribution in [0.15, 0.2) is 46.0 Å². The Morgan fingerprint density at radius 1 is 1.07 bits per heavy atom. The third-order valence-electron chi connectivity index (χ3n) is 3.02. The molecular weight excluding hydrogens is 176 g/mol. The second-order valence-electron chi connectivity index (χ2n) is 3.71. The van der Waals surface area contributed by atoms with Crippen molar-refractivity contribution in [2.45, 2.75) is 25.7 Å². The fraction of sp³-hybridized carbons (Fsp3) is 0.333. The summed E-state index contributed by atoms with van der Waals surface area (Å²) in [6, 6.07) is 4.02. The van der Waals surface area contributed by atoms with E-state index in [1.54, 1.807) is 25.1 Å². The van der Waals surface area contributed by atoms with Crippen LogP contribution in [0.2, 0.25) is 0 Å². The highest BCUT2D eigenvalue weighted by molar-refractivity contribution is 5.33. The Morgan fingerprint density at radius 2 is 1.57 bits per heavy atom. The molecule has 0 amide bonds. The Morgan fingerprint density at radius 3 is 1.86 bits per heavy atom. The van der Waals surface area contributed by atoms with Crippen LogP contribution in [0, 0.1) is 0 Å². The van der Waals surface area contributed by atoms with E-state index in [4.69, 9.17) is 8.83 Å². The first-order valence-electron chi connectivity index (χ1n) is 4.82. The minimum Gasteiger partial charge on any atom is -0.472 e. The van der Waals surface area contributed by atoms with Crippen molar-refractivity contribution in [3.05, 3.63) is 48.3 Å². The van der Waals surface area contributed by atoms with Crippen molar-refractivity contribution in [3.63, 3.8) is 0 Å². The molecule has 0 aromatic carbocycles. The van der Waals surface area contributed by atoms with Crippen LogP contribution in [0.3, 0.4) is 0 Å². The van der Waals surface area contributed by atoms with E-state index >= 15 is 0 Å². The summed E-state index contributed by atoms with van der Waals surface area (Å²) >= 11 is 0. The fourth-order valence-electron chi connectivity index (χ4n) is 1.73. The van der Waals surface area contributed by atoms with Gasteiger partial charge in [0.25, 0.3) is 0 Å². The first kappa shape index (κ1) is 9.13. The van der Waals surface area contributed by atoms with Gasteiger partial charge < -0.3 is 8.83 Å². The topological polar surface area (TPSA) is 26.3 Å². The van der Waals surface area contributed by atoms with Gasteiger partial charge in [0.15, 0.2) is 0 Å². The molecule has 0 radical (unpaired) electrons. The van der Waals surface area contributed by atoms with E-state index in [9.17, 15) is 0 Å². The smallest absolute Gasteiger partial charge is 0.0943 e. The normalized spacial score (nSPS) is 11.9. The number of rotatable bonds is 3. The Labute approximate surface area is 83.5 Å². The summed E-state index contributed by atoms with van der Waals surface area (Å²) < 4.78 is 10.3. The van der Waals surface area contributed by atoms with Crippen LogP contribution in [-0.2, 0) is 5.41 Å². The molecule has 0 aliphatic carbocycles. The third-order valence-corrected chi connectivity index (χ3v) is 3.02. The summed E-state index contributed by atoms with van der Waals surface area (Å²) in [4.78, 5) is 0. The Balaban J connectivity index is 2.45. The first-order chi connectivity index (χ1) is 6.77. The van der Waals surface area contributed by atoms with Gasteiger partial charge in [-0.05, 0) is 18.6 Å². The van der Waals surface area contributed by atoms with Crippen LogP contribution in [0.25, 0.3) is 0 Å². The number of furan rings is 2. The lowest BCUT2D eigenvalue weighted by atomic mass is 9.77. The third kappa shape index (κ3) is 1.27. The molecule has 0 unspecified atom stereocenters. The molecule has 2 aromatic rings. The standard InChI is InChI=1S/C12H14O2/c1-3-12(2,10-4-6-13-8-10)11-5-7-14-9-11/h4-9H,3H2,1-2H3. The van der Waals surface area contributed by atoms with Gasteiger partial charge in [0, 0.05) is 16.5 Å². The van der Waals surface area contributed by atoms with Crippen LogP contribution in [0.1, 0.15) is 31.4 Å². The van der Waals surface area contributed by atoms with Crippen molar-refractivity contribution in [1.29, 1.82) is 0 Å². The predicted octanol–water partition coefficient (Wildman–Crippen LogP) is 3.59. The summed E-state index contributed by atoms with van der Waals surface area (Å²) in [5.41, 5.74) is 2.39. The average Bonchev–Trinajstić information content (AvgIpc) is 2.88. The lowest BCUT2D eigenvalue weighted by Crippen LogP contribution is -2.20. The second-order valence-corrected chi connectivity index (χ2v) is 3.71. The predicted molar refractivity (Wildman–Crippen MR) is 54.2 cm³/mol. The minimum absolute atomic E-state index is 0.000000000000000222. The zero-order valence-electron chi connectivity index (χ0n) is 8.49. The summed E-state index contributed by atoms with van der Waals surface area (Å²) in [6.45, 7) is 4.36. The van der Waals surface area contributed by atoms with Crippen molar-refractivity contribution in [3.8, 4) is 0 Å². The average molecular weight is 190 g/mol. The largest absolute Gasteiger partial charge is 0.472 e. The summed E-state index contributed by atoms with van der Waals surface area (Å²) in [5, 5.41) is 0. The van der Waals surface area contributed by atoms with Crippen molar-refractivity contribution in [1.82, 2.24) is 0 Å². The highest BCUT2D eigenvalue weighted by atomic mass is 16.3. The van der Waals surface area contributed by atoms with Gasteiger partial charge in [0.2, 0.25) is 0 Å². The van der Waals surface area contributed by atoms with Crippen LogP contribution in [-0.4, -0.2) is 0 Å². The molecule has 0 spiro atoms. The van der Waals surface area contributed by atoms with Crippen molar-refractivity contribution >= 4 is 0 Å². The van der Waals surface area contributed by atoms with Gasteiger partial charge in [-0.2, -0.15) is 0 Å². The van der Waals surface area contributed by atoms with Crippen molar-refractivity contribution in [2.24, 2.45) is 0 Å². The van der Waals surface area contributed by atoms with E-state index in [1.807, 2.05) is 12.1 Å². The highest BCUT2D eigenvalue weighted by Crippen LogP contribution is 2.35. The summed E-state index contributed by atoms with van der Waals surface area (Å²) in [7, 11) is 0. The van der Waals surface area contributed by atoms with Crippen LogP contribution in [0.4, 0.5) is 0 Å². The van der Waals surface area contributed by atoms with E-state index < -0.39 is 0 Å². The maximum absolute atomic E-state index is 5.13. The van der Waals surface area contributed by atoms with Crippen LogP contribution < -0.4 is 0 Å². The number of hydrogen-bond acceptors (Lipinski definition) is 2. The zero-order chi connectivity index (χ0) is 10.0. The molecule has 0 atom stereocenters. The summed E-state index contributed by atoms with van der Waals surface area (Å²) in [6.07, 6.45) is 8.05. The van der Waals surface area contributed by atoms with Gasteiger partial charge in [0.1, 0.15) is 0 Å². The molecule has 2 nitrogen and oxygen atoms in total. The monoisotopic (exact) mass is 190 g/mol. The molecule has 2 aromatic heterocycles. The summed E-state index contributed by atoms with van der Waals surface area (Å²) in [5.74, 6) is 0. The van der Waals surface area contributed by atoms with Crippen molar-refractivity contribution in [2.75, 3.05) is 0 Å². The Kier molecular flexibility index (Phi) is 2.20. The highest BCUT2D eigenvalue weighted by Gasteiger charge is 2.28. The minimum atomic E-state index is -0.000000000000000222. The van der Waals surface area contributed by atoms with Crippen LogP contribution in [0.5, 0.6) is 0 Å². The molecule has 0 saturated heterocycles. The SMILES string of the molecule is CCC(C)(c1ccoc1)c1ccoc1. The molecule has 0 N–H and O–H groups in total. The van der Waals surface area contributed by atoms with E-state index in [0.29, 0.717) is 0 Å². The molecule has 2 rings (SSSR count). The molecule has 14 heavy (non-hydrogen) atoms. The Hall–Kier alpha value is -1.44. The van der Waals surface area contributed by atoms with E-state index in [0.717, 1.165) is 6.42 Å². The molecule has 74 valence electrons. The maximum atomic E-state index is 5.13. The Bertz CT molecular complexity index is 336. The lowest BCUT2D eigenvalue weighted by Gasteiger charge is -2.25. The molecule has 0 saturated carbocycles. The fourth-order valence-corrected chi connectivity index (χ4v) is 1.73. The van der Waals surface area contributed by atoms with E-state index in [1.165, 1.54) is 11.1 Å². The van der Waals surface area contributed by atoms with Gasteiger partial charge in [0.05, 0.1) is 25.1 Å². The quantitative estimate of drug-likeness (QED) is 0.739. The lowest BCUT2D eigenvalue weighted by molar-refractivity contribution is 0.506. The van der Waals surface area contributed by atoms with Gasteiger partial charge in [-0.25, -0.2) is 0 Å².